The Morgan fingerprint density at radius 1 is 1.00 bits per heavy atom. The lowest BCUT2D eigenvalue weighted by atomic mass is 10.1. The number of hydrogen-bond acceptors (Lipinski definition) is 4. The van der Waals surface area contributed by atoms with Crippen LogP contribution in [-0.2, 0) is 4.79 Å². The molecule has 6 nitrogen and oxygen atoms in total. The van der Waals surface area contributed by atoms with Gasteiger partial charge in [0.2, 0.25) is 5.91 Å². The maximum Gasteiger partial charge on any atom is 0.254 e. The molecule has 1 fully saturated rings. The largest absolute Gasteiger partial charge is 0.378 e. The molecule has 1 heterocycles. The van der Waals surface area contributed by atoms with Crippen LogP contribution in [0.1, 0.15) is 30.6 Å². The molecule has 6 heteroatoms. The maximum atomic E-state index is 12.7. The van der Waals surface area contributed by atoms with Crippen LogP contribution in [0, 0.1) is 0 Å². The van der Waals surface area contributed by atoms with Gasteiger partial charge in [-0.3, -0.25) is 9.59 Å². The average molecular weight is 361 g/mol. The van der Waals surface area contributed by atoms with Crippen molar-refractivity contribution in [1.29, 1.82) is 0 Å². The predicted octanol–water partition coefficient (Wildman–Crippen LogP) is 1.77. The lowest BCUT2D eigenvalue weighted by Gasteiger charge is -2.35. The van der Waals surface area contributed by atoms with Crippen molar-refractivity contribution in [2.24, 2.45) is 0 Å². The molecule has 0 unspecified atom stereocenters. The zero-order chi connectivity index (χ0) is 19.1. The molecule has 1 aromatic rings. The summed E-state index contributed by atoms with van der Waals surface area (Å²) in [5.41, 5.74) is 1.72. The Bertz CT molecular complexity index is 606. The lowest BCUT2D eigenvalue weighted by molar-refractivity contribution is -0.133. The number of carbonyl (C=O) groups is 2. The van der Waals surface area contributed by atoms with Gasteiger partial charge in [-0.25, -0.2) is 0 Å². The number of nitrogens with zero attached hydrogens (tertiary/aromatic N) is 4. The summed E-state index contributed by atoms with van der Waals surface area (Å²) < 4.78 is 0. The SMILES string of the molecule is CCN(CC)CCC(=O)N1CCN(C(=O)c2cccc(N(C)C)c2)CC1. The van der Waals surface area contributed by atoms with Gasteiger partial charge in [0.05, 0.1) is 0 Å². The van der Waals surface area contributed by atoms with Gasteiger partial charge in [-0.05, 0) is 31.3 Å². The Morgan fingerprint density at radius 3 is 2.19 bits per heavy atom. The molecule has 2 rings (SSSR count). The van der Waals surface area contributed by atoms with E-state index in [2.05, 4.69) is 18.7 Å². The number of carbonyl (C=O) groups excluding carboxylic acids is 2. The van der Waals surface area contributed by atoms with E-state index >= 15 is 0 Å². The lowest BCUT2D eigenvalue weighted by Crippen LogP contribution is -2.51. The first-order valence-corrected chi connectivity index (χ1v) is 9.53. The molecule has 0 aromatic heterocycles. The van der Waals surface area contributed by atoms with Gasteiger partial charge in [0.25, 0.3) is 5.91 Å². The molecule has 1 aliphatic rings. The highest BCUT2D eigenvalue weighted by molar-refractivity contribution is 5.95. The van der Waals surface area contributed by atoms with Gasteiger partial charge >= 0.3 is 0 Å². The average Bonchev–Trinajstić information content (AvgIpc) is 2.68. The molecule has 0 aliphatic carbocycles. The van der Waals surface area contributed by atoms with Crippen LogP contribution in [0.4, 0.5) is 5.69 Å². The summed E-state index contributed by atoms with van der Waals surface area (Å²) in [5.74, 6) is 0.238. The van der Waals surface area contributed by atoms with Crippen molar-refractivity contribution in [1.82, 2.24) is 14.7 Å². The number of amides is 2. The van der Waals surface area contributed by atoms with Gasteiger partial charge in [-0.2, -0.15) is 0 Å². The van der Waals surface area contributed by atoms with E-state index in [-0.39, 0.29) is 11.8 Å². The van der Waals surface area contributed by atoms with Gasteiger partial charge in [-0.15, -0.1) is 0 Å². The van der Waals surface area contributed by atoms with Crippen LogP contribution in [0.5, 0.6) is 0 Å². The first-order chi connectivity index (χ1) is 12.5. The van der Waals surface area contributed by atoms with E-state index in [4.69, 9.17) is 0 Å². The van der Waals surface area contributed by atoms with Crippen LogP contribution in [0.2, 0.25) is 0 Å². The number of hydrogen-bond donors (Lipinski definition) is 0. The normalized spacial score (nSPS) is 14.7. The Kier molecular flexibility index (Phi) is 7.45. The highest BCUT2D eigenvalue weighted by atomic mass is 16.2. The third kappa shape index (κ3) is 5.21. The molecule has 1 aliphatic heterocycles. The quantitative estimate of drug-likeness (QED) is 0.744. The minimum atomic E-state index is 0.0453. The summed E-state index contributed by atoms with van der Waals surface area (Å²) in [7, 11) is 3.93. The standard InChI is InChI=1S/C20H32N4O2/c1-5-22(6-2)11-10-19(25)23-12-14-24(15-13-23)20(26)17-8-7-9-18(16-17)21(3)4/h7-9,16H,5-6,10-15H2,1-4H3. The molecule has 1 saturated heterocycles. The van der Waals surface area contributed by atoms with Crippen LogP contribution in [-0.4, -0.2) is 86.4 Å². The van der Waals surface area contributed by atoms with E-state index < -0.39 is 0 Å². The second-order valence-corrected chi connectivity index (χ2v) is 6.89. The topological polar surface area (TPSA) is 47.1 Å². The first-order valence-electron chi connectivity index (χ1n) is 9.53. The minimum Gasteiger partial charge on any atom is -0.378 e. The first kappa shape index (κ1) is 20.2. The van der Waals surface area contributed by atoms with Crippen molar-refractivity contribution in [3.63, 3.8) is 0 Å². The fourth-order valence-electron chi connectivity index (χ4n) is 3.21. The van der Waals surface area contributed by atoms with Crippen LogP contribution < -0.4 is 4.90 Å². The zero-order valence-electron chi connectivity index (χ0n) is 16.6. The predicted molar refractivity (Wildman–Crippen MR) is 106 cm³/mol. The molecule has 0 bridgehead atoms. The highest BCUT2D eigenvalue weighted by Crippen LogP contribution is 2.16. The van der Waals surface area contributed by atoms with Crippen molar-refractivity contribution in [2.75, 3.05) is 64.8 Å². The Balaban J connectivity index is 1.86. The Hall–Kier alpha value is -2.08. The van der Waals surface area contributed by atoms with Crippen molar-refractivity contribution < 1.29 is 9.59 Å². The van der Waals surface area contributed by atoms with E-state index in [0.29, 0.717) is 38.2 Å². The molecular formula is C20H32N4O2. The molecule has 0 saturated carbocycles. The minimum absolute atomic E-state index is 0.0453. The Labute approximate surface area is 157 Å². The summed E-state index contributed by atoms with van der Waals surface area (Å²) in [6.45, 7) is 9.42. The van der Waals surface area contributed by atoms with Crippen molar-refractivity contribution in [2.45, 2.75) is 20.3 Å². The fraction of sp³-hybridized carbons (Fsp3) is 0.600. The maximum absolute atomic E-state index is 12.7. The summed E-state index contributed by atoms with van der Waals surface area (Å²) in [6, 6.07) is 7.68. The monoisotopic (exact) mass is 360 g/mol. The molecule has 0 N–H and O–H groups in total. The second-order valence-electron chi connectivity index (χ2n) is 6.89. The molecule has 1 aromatic carbocycles. The van der Waals surface area contributed by atoms with Crippen LogP contribution >= 0.6 is 0 Å². The van der Waals surface area contributed by atoms with E-state index in [1.807, 2.05) is 53.1 Å². The van der Waals surface area contributed by atoms with Gasteiger partial charge < -0.3 is 19.6 Å². The third-order valence-corrected chi connectivity index (χ3v) is 5.07. The van der Waals surface area contributed by atoms with Crippen LogP contribution in [0.15, 0.2) is 24.3 Å². The van der Waals surface area contributed by atoms with E-state index in [0.717, 1.165) is 25.3 Å². The molecule has 0 radical (unpaired) electrons. The summed E-state index contributed by atoms with van der Waals surface area (Å²) in [4.78, 5) is 33.1. The number of anilines is 1. The smallest absolute Gasteiger partial charge is 0.254 e. The van der Waals surface area contributed by atoms with E-state index in [9.17, 15) is 9.59 Å². The molecule has 0 atom stereocenters. The molecule has 2 amide bonds. The van der Waals surface area contributed by atoms with E-state index in [1.54, 1.807) is 0 Å². The molecular weight excluding hydrogens is 328 g/mol. The van der Waals surface area contributed by atoms with E-state index in [1.165, 1.54) is 0 Å². The molecule has 26 heavy (non-hydrogen) atoms. The van der Waals surface area contributed by atoms with Gasteiger partial charge in [0.15, 0.2) is 0 Å². The van der Waals surface area contributed by atoms with Crippen molar-refractivity contribution in [3.05, 3.63) is 29.8 Å². The fourth-order valence-corrected chi connectivity index (χ4v) is 3.21. The Morgan fingerprint density at radius 2 is 1.62 bits per heavy atom. The number of piperazine rings is 1. The second kappa shape index (κ2) is 9.57. The summed E-state index contributed by atoms with van der Waals surface area (Å²) in [5, 5.41) is 0. The summed E-state index contributed by atoms with van der Waals surface area (Å²) >= 11 is 0. The molecule has 0 spiro atoms. The van der Waals surface area contributed by atoms with Gasteiger partial charge in [-0.1, -0.05) is 19.9 Å². The van der Waals surface area contributed by atoms with Crippen LogP contribution in [0.3, 0.4) is 0 Å². The van der Waals surface area contributed by atoms with Crippen molar-refractivity contribution in [3.8, 4) is 0 Å². The van der Waals surface area contributed by atoms with Gasteiger partial charge in [0, 0.05) is 64.5 Å². The highest BCUT2D eigenvalue weighted by Gasteiger charge is 2.25. The summed E-state index contributed by atoms with van der Waals surface area (Å²) in [6.07, 6.45) is 0.556. The van der Waals surface area contributed by atoms with Gasteiger partial charge in [0.1, 0.15) is 0 Å². The number of rotatable bonds is 7. The molecule has 144 valence electrons. The zero-order valence-corrected chi connectivity index (χ0v) is 16.6. The third-order valence-electron chi connectivity index (χ3n) is 5.07. The number of benzene rings is 1. The van der Waals surface area contributed by atoms with Crippen LogP contribution in [0.25, 0.3) is 0 Å². The van der Waals surface area contributed by atoms with Crippen molar-refractivity contribution >= 4 is 17.5 Å².